The van der Waals surface area contributed by atoms with Gasteiger partial charge in [0.25, 0.3) is 5.69 Å². The molecule has 0 aliphatic rings. The predicted molar refractivity (Wildman–Crippen MR) is 89.9 cm³/mol. The van der Waals surface area contributed by atoms with Crippen LogP contribution in [-0.2, 0) is 7.05 Å². The van der Waals surface area contributed by atoms with Crippen molar-refractivity contribution in [3.63, 3.8) is 0 Å². The maximum Gasteiger partial charge on any atom is 0.271 e. The van der Waals surface area contributed by atoms with Gasteiger partial charge in [-0.05, 0) is 6.07 Å². The van der Waals surface area contributed by atoms with E-state index in [1.165, 1.54) is 18.3 Å². The van der Waals surface area contributed by atoms with E-state index in [1.54, 1.807) is 36.3 Å². The molecule has 9 nitrogen and oxygen atoms in total. The van der Waals surface area contributed by atoms with Gasteiger partial charge < -0.3 is 10.6 Å². The van der Waals surface area contributed by atoms with Gasteiger partial charge in [0, 0.05) is 31.1 Å². The molecular formula is C14H12ClN7O2. The van der Waals surface area contributed by atoms with Crippen LogP contribution in [0.4, 0.5) is 28.8 Å². The Bertz CT molecular complexity index is 896. The lowest BCUT2D eigenvalue weighted by Crippen LogP contribution is -2.01. The van der Waals surface area contributed by atoms with Crippen molar-refractivity contribution in [2.45, 2.75) is 0 Å². The zero-order valence-electron chi connectivity index (χ0n) is 12.5. The Morgan fingerprint density at radius 1 is 1.25 bits per heavy atom. The molecule has 0 spiro atoms. The maximum absolute atomic E-state index is 10.8. The lowest BCUT2D eigenvalue weighted by Gasteiger charge is -2.09. The third-order valence-electron chi connectivity index (χ3n) is 3.02. The van der Waals surface area contributed by atoms with Crippen LogP contribution in [0, 0.1) is 10.1 Å². The number of rotatable bonds is 5. The van der Waals surface area contributed by atoms with Crippen LogP contribution in [0.5, 0.6) is 0 Å². The van der Waals surface area contributed by atoms with Crippen LogP contribution in [0.15, 0.2) is 42.9 Å². The number of anilines is 4. The lowest BCUT2D eigenvalue weighted by atomic mass is 10.3. The molecule has 0 bridgehead atoms. The monoisotopic (exact) mass is 345 g/mol. The van der Waals surface area contributed by atoms with Crippen molar-refractivity contribution in [1.82, 2.24) is 19.7 Å². The molecule has 1 aromatic carbocycles. The largest absolute Gasteiger partial charge is 0.339 e. The van der Waals surface area contributed by atoms with Crippen LogP contribution >= 0.6 is 11.6 Å². The first kappa shape index (κ1) is 15.7. The van der Waals surface area contributed by atoms with Crippen molar-refractivity contribution < 1.29 is 4.92 Å². The van der Waals surface area contributed by atoms with Gasteiger partial charge in [0.2, 0.25) is 5.95 Å². The zero-order valence-corrected chi connectivity index (χ0v) is 13.2. The fourth-order valence-electron chi connectivity index (χ4n) is 1.96. The van der Waals surface area contributed by atoms with Crippen LogP contribution in [0.1, 0.15) is 0 Å². The Morgan fingerprint density at radius 3 is 2.79 bits per heavy atom. The van der Waals surface area contributed by atoms with E-state index in [9.17, 15) is 10.1 Å². The number of hydrogen-bond acceptors (Lipinski definition) is 7. The Labute approximate surface area is 141 Å². The molecule has 3 rings (SSSR count). The molecule has 0 amide bonds. The Morgan fingerprint density at radius 2 is 2.08 bits per heavy atom. The Hall–Kier alpha value is -3.20. The summed E-state index contributed by atoms with van der Waals surface area (Å²) >= 11 is 6.09. The number of hydrogen-bond donors (Lipinski definition) is 2. The van der Waals surface area contributed by atoms with Gasteiger partial charge in [-0.3, -0.25) is 14.8 Å². The second-order valence-electron chi connectivity index (χ2n) is 4.85. The smallest absolute Gasteiger partial charge is 0.271 e. The molecule has 0 fully saturated rings. The van der Waals surface area contributed by atoms with E-state index in [1.807, 2.05) is 0 Å². The number of nitrogens with zero attached hydrogens (tertiary/aromatic N) is 5. The number of nitro benzene ring substituents is 1. The summed E-state index contributed by atoms with van der Waals surface area (Å²) < 4.78 is 1.64. The van der Waals surface area contributed by atoms with E-state index in [0.717, 1.165) is 5.69 Å². The molecule has 122 valence electrons. The van der Waals surface area contributed by atoms with Crippen LogP contribution < -0.4 is 10.6 Å². The fraction of sp³-hybridized carbons (Fsp3) is 0.0714. The highest BCUT2D eigenvalue weighted by Gasteiger charge is 2.10. The minimum atomic E-state index is -0.470. The third kappa shape index (κ3) is 3.58. The highest BCUT2D eigenvalue weighted by atomic mass is 35.5. The van der Waals surface area contributed by atoms with Gasteiger partial charge >= 0.3 is 0 Å². The Balaban J connectivity index is 1.83. The quantitative estimate of drug-likeness (QED) is 0.539. The molecule has 2 N–H and O–H groups in total. The summed E-state index contributed by atoms with van der Waals surface area (Å²) in [5.41, 5.74) is 1.19. The number of nitro groups is 1. The molecule has 0 unspecified atom stereocenters. The highest BCUT2D eigenvalue weighted by Crippen LogP contribution is 2.26. The van der Waals surface area contributed by atoms with E-state index in [2.05, 4.69) is 25.7 Å². The first-order valence-electron chi connectivity index (χ1n) is 6.81. The second kappa shape index (κ2) is 6.50. The summed E-state index contributed by atoms with van der Waals surface area (Å²) in [7, 11) is 1.79. The van der Waals surface area contributed by atoms with Crippen LogP contribution in [-0.4, -0.2) is 24.7 Å². The molecule has 24 heavy (non-hydrogen) atoms. The zero-order chi connectivity index (χ0) is 17.1. The molecule has 0 saturated carbocycles. The average molecular weight is 346 g/mol. The van der Waals surface area contributed by atoms with Gasteiger partial charge in [-0.2, -0.15) is 10.1 Å². The van der Waals surface area contributed by atoms with Gasteiger partial charge in [0.05, 0.1) is 23.0 Å². The molecule has 3 aromatic rings. The normalized spacial score (nSPS) is 10.4. The standard InChI is InChI=1S/C14H12ClN7O2/c1-21-8-10(6-17-21)19-14-16-7-12(15)13(20-14)18-9-3-2-4-11(5-9)22(23)24/h2-8H,1H3,(H2,16,18,19,20). The summed E-state index contributed by atoms with van der Waals surface area (Å²) in [6, 6.07) is 6.05. The molecular weight excluding hydrogens is 334 g/mol. The number of nitrogens with one attached hydrogen (secondary N) is 2. The fourth-order valence-corrected chi connectivity index (χ4v) is 2.10. The lowest BCUT2D eigenvalue weighted by molar-refractivity contribution is -0.384. The van der Waals surface area contributed by atoms with Gasteiger partial charge in [0.15, 0.2) is 5.82 Å². The summed E-state index contributed by atoms with van der Waals surface area (Å²) in [4.78, 5) is 18.7. The topological polar surface area (TPSA) is 111 Å². The van der Waals surface area contributed by atoms with Crippen molar-refractivity contribution >= 4 is 40.4 Å². The first-order chi connectivity index (χ1) is 11.5. The van der Waals surface area contributed by atoms with Crippen LogP contribution in [0.2, 0.25) is 5.02 Å². The van der Waals surface area contributed by atoms with Gasteiger partial charge in [-0.15, -0.1) is 0 Å². The molecule has 2 heterocycles. The van der Waals surface area contributed by atoms with Gasteiger partial charge in [0.1, 0.15) is 5.02 Å². The van der Waals surface area contributed by atoms with Crippen molar-refractivity contribution in [2.24, 2.45) is 7.05 Å². The van der Waals surface area contributed by atoms with Crippen molar-refractivity contribution in [2.75, 3.05) is 10.6 Å². The van der Waals surface area contributed by atoms with Crippen LogP contribution in [0.25, 0.3) is 0 Å². The molecule has 2 aromatic heterocycles. The molecule has 0 aliphatic heterocycles. The number of aromatic nitrogens is 4. The minimum Gasteiger partial charge on any atom is -0.339 e. The number of non-ortho nitro benzene ring substituents is 1. The first-order valence-corrected chi connectivity index (χ1v) is 7.19. The van der Waals surface area contributed by atoms with Gasteiger partial charge in [-0.1, -0.05) is 17.7 Å². The van der Waals surface area contributed by atoms with E-state index >= 15 is 0 Å². The third-order valence-corrected chi connectivity index (χ3v) is 3.30. The minimum absolute atomic E-state index is 0.0288. The number of halogens is 1. The molecule has 0 radical (unpaired) electrons. The van der Waals surface area contributed by atoms with Gasteiger partial charge in [-0.25, -0.2) is 4.98 Å². The molecule has 0 atom stereocenters. The van der Waals surface area contributed by atoms with Crippen molar-refractivity contribution in [3.8, 4) is 0 Å². The summed E-state index contributed by atoms with van der Waals surface area (Å²) in [5, 5.41) is 21.1. The molecule has 0 aliphatic carbocycles. The van der Waals surface area contributed by atoms with E-state index in [4.69, 9.17) is 11.6 Å². The van der Waals surface area contributed by atoms with Crippen molar-refractivity contribution in [1.29, 1.82) is 0 Å². The van der Waals surface area contributed by atoms with E-state index in [0.29, 0.717) is 22.5 Å². The van der Waals surface area contributed by atoms with E-state index in [-0.39, 0.29) is 5.69 Å². The number of aryl methyl sites for hydroxylation is 1. The predicted octanol–water partition coefficient (Wildman–Crippen LogP) is 3.26. The maximum atomic E-state index is 10.8. The Kier molecular flexibility index (Phi) is 4.25. The highest BCUT2D eigenvalue weighted by molar-refractivity contribution is 6.32. The number of benzene rings is 1. The SMILES string of the molecule is Cn1cc(Nc2ncc(Cl)c(Nc3cccc([N+](=O)[O-])c3)n2)cn1. The summed E-state index contributed by atoms with van der Waals surface area (Å²) in [6.45, 7) is 0. The van der Waals surface area contributed by atoms with E-state index < -0.39 is 4.92 Å². The van der Waals surface area contributed by atoms with Crippen LogP contribution in [0.3, 0.4) is 0 Å². The second-order valence-corrected chi connectivity index (χ2v) is 5.26. The van der Waals surface area contributed by atoms with Crippen molar-refractivity contribution in [3.05, 3.63) is 58.0 Å². The summed E-state index contributed by atoms with van der Waals surface area (Å²) in [6.07, 6.45) is 4.84. The average Bonchev–Trinajstić information content (AvgIpc) is 2.96. The summed E-state index contributed by atoms with van der Waals surface area (Å²) in [5.74, 6) is 0.652. The molecule has 10 heteroatoms. The molecule has 0 saturated heterocycles.